The van der Waals surface area contributed by atoms with E-state index in [2.05, 4.69) is 5.10 Å². The molecule has 0 N–H and O–H groups in total. The van der Waals surface area contributed by atoms with Crippen LogP contribution in [-0.4, -0.2) is 15.6 Å². The molecule has 0 aliphatic carbocycles. The molecule has 0 saturated carbocycles. The summed E-state index contributed by atoms with van der Waals surface area (Å²) < 4.78 is 28.5. The van der Waals surface area contributed by atoms with Gasteiger partial charge in [-0.2, -0.15) is 5.10 Å². The Kier molecular flexibility index (Phi) is 2.75. The summed E-state index contributed by atoms with van der Waals surface area (Å²) in [6.45, 7) is 1.48. The SMILES string of the molecule is Cc1ccc(F)c(C(=O)c2ccnn2C)c1F. The summed E-state index contributed by atoms with van der Waals surface area (Å²) in [6.07, 6.45) is 1.40. The minimum Gasteiger partial charge on any atom is -0.287 e. The smallest absolute Gasteiger partial charge is 0.216 e. The zero-order valence-corrected chi connectivity index (χ0v) is 9.37. The fourth-order valence-corrected chi connectivity index (χ4v) is 1.59. The Morgan fingerprint density at radius 2 is 2.00 bits per heavy atom. The van der Waals surface area contributed by atoms with E-state index in [0.717, 1.165) is 6.07 Å². The van der Waals surface area contributed by atoms with Crippen molar-refractivity contribution in [2.45, 2.75) is 6.92 Å². The molecule has 0 spiro atoms. The molecular formula is C12H10F2N2O. The van der Waals surface area contributed by atoms with Crippen LogP contribution in [0.15, 0.2) is 24.4 Å². The van der Waals surface area contributed by atoms with Gasteiger partial charge in [0.15, 0.2) is 0 Å². The van der Waals surface area contributed by atoms with Gasteiger partial charge >= 0.3 is 0 Å². The number of ketones is 1. The van der Waals surface area contributed by atoms with E-state index in [1.54, 1.807) is 7.05 Å². The van der Waals surface area contributed by atoms with E-state index in [9.17, 15) is 13.6 Å². The van der Waals surface area contributed by atoms with Crippen molar-refractivity contribution in [3.8, 4) is 0 Å². The van der Waals surface area contributed by atoms with E-state index in [0.29, 0.717) is 0 Å². The maximum atomic E-state index is 13.7. The van der Waals surface area contributed by atoms with E-state index in [1.165, 1.54) is 29.9 Å². The second kappa shape index (κ2) is 4.08. The maximum Gasteiger partial charge on any atom is 0.216 e. The first-order chi connectivity index (χ1) is 8.02. The third-order valence-corrected chi connectivity index (χ3v) is 2.56. The molecule has 2 rings (SSSR count). The lowest BCUT2D eigenvalue weighted by molar-refractivity contribution is 0.102. The molecule has 1 aromatic heterocycles. The number of aromatic nitrogens is 2. The van der Waals surface area contributed by atoms with Crippen molar-refractivity contribution in [3.05, 3.63) is 52.9 Å². The normalized spacial score (nSPS) is 10.6. The summed E-state index contributed by atoms with van der Waals surface area (Å²) in [5, 5.41) is 3.80. The number of rotatable bonds is 2. The van der Waals surface area contributed by atoms with Crippen LogP contribution in [-0.2, 0) is 7.05 Å². The number of nitrogens with zero attached hydrogens (tertiary/aromatic N) is 2. The van der Waals surface area contributed by atoms with E-state index in [4.69, 9.17) is 0 Å². The molecule has 5 heteroatoms. The molecule has 0 fully saturated rings. The average molecular weight is 236 g/mol. The molecule has 0 unspecified atom stereocenters. The average Bonchev–Trinajstić information content (AvgIpc) is 2.70. The zero-order valence-electron chi connectivity index (χ0n) is 9.37. The molecule has 1 aromatic carbocycles. The summed E-state index contributed by atoms with van der Waals surface area (Å²) in [4.78, 5) is 12.0. The fraction of sp³-hybridized carbons (Fsp3) is 0.167. The molecule has 0 radical (unpaired) electrons. The molecule has 0 saturated heterocycles. The zero-order chi connectivity index (χ0) is 12.6. The van der Waals surface area contributed by atoms with Crippen LogP contribution >= 0.6 is 0 Å². The largest absolute Gasteiger partial charge is 0.287 e. The van der Waals surface area contributed by atoms with Crippen molar-refractivity contribution >= 4 is 5.78 Å². The number of carbonyl (C=O) groups excluding carboxylic acids is 1. The molecule has 1 heterocycles. The highest BCUT2D eigenvalue weighted by Crippen LogP contribution is 2.19. The molecule has 0 bridgehead atoms. The first-order valence-electron chi connectivity index (χ1n) is 4.99. The van der Waals surface area contributed by atoms with Crippen LogP contribution in [0.1, 0.15) is 21.6 Å². The van der Waals surface area contributed by atoms with Crippen molar-refractivity contribution in [3.63, 3.8) is 0 Å². The Morgan fingerprint density at radius 1 is 1.29 bits per heavy atom. The van der Waals surface area contributed by atoms with Crippen LogP contribution in [0, 0.1) is 18.6 Å². The van der Waals surface area contributed by atoms with Gasteiger partial charge in [0, 0.05) is 13.2 Å². The van der Waals surface area contributed by atoms with E-state index < -0.39 is 23.0 Å². The van der Waals surface area contributed by atoms with Gasteiger partial charge in [0.05, 0.1) is 5.56 Å². The monoisotopic (exact) mass is 236 g/mol. The molecule has 0 aliphatic heterocycles. The van der Waals surface area contributed by atoms with E-state index >= 15 is 0 Å². The highest BCUT2D eigenvalue weighted by Gasteiger charge is 2.22. The summed E-state index contributed by atoms with van der Waals surface area (Å²) in [5.74, 6) is -2.39. The number of halogens is 2. The Labute approximate surface area is 96.7 Å². The Hall–Kier alpha value is -2.04. The number of hydrogen-bond acceptors (Lipinski definition) is 2. The standard InChI is InChI=1S/C12H10F2N2O/c1-7-3-4-8(13)10(11(7)14)12(17)9-5-6-15-16(9)2/h3-6H,1-2H3. The Morgan fingerprint density at radius 3 is 2.59 bits per heavy atom. The van der Waals surface area contributed by atoms with Gasteiger partial charge in [-0.25, -0.2) is 8.78 Å². The lowest BCUT2D eigenvalue weighted by atomic mass is 10.0. The van der Waals surface area contributed by atoms with E-state index in [-0.39, 0.29) is 11.3 Å². The number of aryl methyl sites for hydroxylation is 2. The van der Waals surface area contributed by atoms with Crippen molar-refractivity contribution < 1.29 is 13.6 Å². The van der Waals surface area contributed by atoms with Gasteiger partial charge in [-0.05, 0) is 24.6 Å². The molecule has 88 valence electrons. The highest BCUT2D eigenvalue weighted by molar-refractivity contribution is 6.08. The van der Waals surface area contributed by atoms with Gasteiger partial charge in [0.2, 0.25) is 5.78 Å². The summed E-state index contributed by atoms with van der Waals surface area (Å²) in [6, 6.07) is 3.80. The van der Waals surface area contributed by atoms with Crippen molar-refractivity contribution in [2.24, 2.45) is 7.05 Å². The molecule has 17 heavy (non-hydrogen) atoms. The van der Waals surface area contributed by atoms with Crippen molar-refractivity contribution in [2.75, 3.05) is 0 Å². The van der Waals surface area contributed by atoms with Crippen LogP contribution in [0.2, 0.25) is 0 Å². The number of benzene rings is 1. The molecule has 3 nitrogen and oxygen atoms in total. The highest BCUT2D eigenvalue weighted by atomic mass is 19.1. The lowest BCUT2D eigenvalue weighted by Gasteiger charge is -2.06. The maximum absolute atomic E-state index is 13.7. The van der Waals surface area contributed by atoms with Crippen molar-refractivity contribution in [1.82, 2.24) is 9.78 Å². The topological polar surface area (TPSA) is 34.9 Å². The lowest BCUT2D eigenvalue weighted by Crippen LogP contribution is -2.13. The second-order valence-electron chi connectivity index (χ2n) is 3.72. The first-order valence-corrected chi connectivity index (χ1v) is 4.99. The third kappa shape index (κ3) is 1.84. The summed E-state index contributed by atoms with van der Waals surface area (Å²) in [7, 11) is 1.54. The molecular weight excluding hydrogens is 226 g/mol. The van der Waals surface area contributed by atoms with Crippen LogP contribution in [0.3, 0.4) is 0 Å². The van der Waals surface area contributed by atoms with Gasteiger partial charge in [-0.3, -0.25) is 9.48 Å². The Bertz CT molecular complexity index is 590. The predicted octanol–water partition coefficient (Wildman–Crippen LogP) is 2.24. The summed E-state index contributed by atoms with van der Waals surface area (Å²) >= 11 is 0. The second-order valence-corrected chi connectivity index (χ2v) is 3.72. The molecule has 2 aromatic rings. The minimum absolute atomic E-state index is 0.147. The van der Waals surface area contributed by atoms with Crippen LogP contribution < -0.4 is 0 Å². The quantitative estimate of drug-likeness (QED) is 0.749. The minimum atomic E-state index is -0.862. The van der Waals surface area contributed by atoms with Gasteiger partial charge in [0.1, 0.15) is 17.3 Å². The summed E-state index contributed by atoms with van der Waals surface area (Å²) in [5.41, 5.74) is -0.154. The fourth-order valence-electron chi connectivity index (χ4n) is 1.59. The van der Waals surface area contributed by atoms with Crippen molar-refractivity contribution in [1.29, 1.82) is 0 Å². The van der Waals surface area contributed by atoms with Gasteiger partial charge in [0.25, 0.3) is 0 Å². The molecule has 0 amide bonds. The first kappa shape index (κ1) is 11.4. The molecule has 0 atom stereocenters. The molecule has 0 aliphatic rings. The predicted molar refractivity (Wildman–Crippen MR) is 57.7 cm³/mol. The van der Waals surface area contributed by atoms with Crippen LogP contribution in [0.25, 0.3) is 0 Å². The van der Waals surface area contributed by atoms with E-state index in [1.807, 2.05) is 0 Å². The van der Waals surface area contributed by atoms with Gasteiger partial charge < -0.3 is 0 Å². The van der Waals surface area contributed by atoms with Crippen LogP contribution in [0.5, 0.6) is 0 Å². The Balaban J connectivity index is 2.59. The number of carbonyl (C=O) groups is 1. The van der Waals surface area contributed by atoms with Gasteiger partial charge in [-0.15, -0.1) is 0 Å². The number of hydrogen-bond donors (Lipinski definition) is 0. The van der Waals surface area contributed by atoms with Gasteiger partial charge in [-0.1, -0.05) is 6.07 Å². The third-order valence-electron chi connectivity index (χ3n) is 2.56. The van der Waals surface area contributed by atoms with Crippen LogP contribution in [0.4, 0.5) is 8.78 Å².